The second-order valence-corrected chi connectivity index (χ2v) is 4.72. The quantitative estimate of drug-likeness (QED) is 0.738. The maximum Gasteiger partial charge on any atom is 0.0628 e. The van der Waals surface area contributed by atoms with Crippen LogP contribution in [0.1, 0.15) is 38.5 Å². The van der Waals surface area contributed by atoms with Crippen LogP contribution in [0.3, 0.4) is 0 Å². The van der Waals surface area contributed by atoms with E-state index >= 15 is 0 Å². The van der Waals surface area contributed by atoms with E-state index in [4.69, 9.17) is 5.26 Å². The van der Waals surface area contributed by atoms with Gasteiger partial charge in [-0.3, -0.25) is 5.43 Å². The molecule has 3 heteroatoms. The van der Waals surface area contributed by atoms with Gasteiger partial charge in [0.25, 0.3) is 0 Å². The van der Waals surface area contributed by atoms with Crippen molar-refractivity contribution in [1.29, 1.82) is 5.26 Å². The molecule has 0 unspecified atom stereocenters. The second kappa shape index (κ2) is 4.29. The average molecular weight is 193 g/mol. The SMILES string of the molecule is N#CCC1(CNN2CCCCC2)CC1. The molecular weight excluding hydrogens is 174 g/mol. The maximum absolute atomic E-state index is 8.69. The molecule has 0 bridgehead atoms. The minimum absolute atomic E-state index is 0.339. The molecule has 1 aliphatic heterocycles. The normalized spacial score (nSPS) is 25.6. The van der Waals surface area contributed by atoms with Crippen LogP contribution in [0, 0.1) is 16.7 Å². The van der Waals surface area contributed by atoms with Crippen LogP contribution in [-0.2, 0) is 0 Å². The molecule has 1 heterocycles. The van der Waals surface area contributed by atoms with Crippen LogP contribution < -0.4 is 5.43 Å². The molecule has 2 fully saturated rings. The number of hydrogen-bond donors (Lipinski definition) is 1. The van der Waals surface area contributed by atoms with E-state index in [1.807, 2.05) is 0 Å². The van der Waals surface area contributed by atoms with Gasteiger partial charge in [0.15, 0.2) is 0 Å². The van der Waals surface area contributed by atoms with Crippen molar-refractivity contribution >= 4 is 0 Å². The Morgan fingerprint density at radius 3 is 2.50 bits per heavy atom. The standard InChI is InChI=1S/C11H19N3/c12-7-6-11(4-5-11)10-13-14-8-2-1-3-9-14/h13H,1-6,8-10H2. The number of rotatable bonds is 4. The van der Waals surface area contributed by atoms with Crippen molar-refractivity contribution in [1.82, 2.24) is 10.4 Å². The molecule has 0 aromatic heterocycles. The Hall–Kier alpha value is -0.590. The fraction of sp³-hybridized carbons (Fsp3) is 0.909. The van der Waals surface area contributed by atoms with Crippen molar-refractivity contribution in [2.24, 2.45) is 5.41 Å². The summed E-state index contributed by atoms with van der Waals surface area (Å²) >= 11 is 0. The third-order valence-corrected chi connectivity index (χ3v) is 3.44. The van der Waals surface area contributed by atoms with Gasteiger partial charge >= 0.3 is 0 Å². The molecular formula is C11H19N3. The third kappa shape index (κ3) is 2.46. The highest BCUT2D eigenvalue weighted by atomic mass is 15.5. The third-order valence-electron chi connectivity index (χ3n) is 3.44. The predicted octanol–water partition coefficient (Wildman–Crippen LogP) is 1.67. The molecule has 0 atom stereocenters. The zero-order valence-electron chi connectivity index (χ0n) is 8.76. The lowest BCUT2D eigenvalue weighted by Crippen LogP contribution is -2.44. The van der Waals surface area contributed by atoms with Gasteiger partial charge in [-0.15, -0.1) is 0 Å². The molecule has 0 aromatic carbocycles. The van der Waals surface area contributed by atoms with E-state index in [0.29, 0.717) is 5.41 Å². The summed E-state index contributed by atoms with van der Waals surface area (Å²) in [5.74, 6) is 0. The molecule has 1 aliphatic carbocycles. The van der Waals surface area contributed by atoms with Gasteiger partial charge in [0.1, 0.15) is 0 Å². The lowest BCUT2D eigenvalue weighted by atomic mass is 10.0. The first-order chi connectivity index (χ1) is 6.85. The van der Waals surface area contributed by atoms with Crippen LogP contribution in [0.4, 0.5) is 0 Å². The van der Waals surface area contributed by atoms with Gasteiger partial charge in [-0.05, 0) is 31.1 Å². The fourth-order valence-electron chi connectivity index (χ4n) is 2.09. The molecule has 14 heavy (non-hydrogen) atoms. The summed E-state index contributed by atoms with van der Waals surface area (Å²) in [5, 5.41) is 11.0. The van der Waals surface area contributed by atoms with Crippen molar-refractivity contribution < 1.29 is 0 Å². The summed E-state index contributed by atoms with van der Waals surface area (Å²) in [6, 6.07) is 2.30. The summed E-state index contributed by atoms with van der Waals surface area (Å²) in [5.41, 5.74) is 3.83. The molecule has 0 aromatic rings. The lowest BCUT2D eigenvalue weighted by molar-refractivity contribution is 0.140. The number of nitriles is 1. The van der Waals surface area contributed by atoms with Crippen LogP contribution >= 0.6 is 0 Å². The predicted molar refractivity (Wildman–Crippen MR) is 55.3 cm³/mol. The monoisotopic (exact) mass is 193 g/mol. The van der Waals surface area contributed by atoms with Gasteiger partial charge in [0.05, 0.1) is 6.07 Å². The second-order valence-electron chi connectivity index (χ2n) is 4.72. The van der Waals surface area contributed by atoms with E-state index in [1.165, 1.54) is 45.2 Å². The highest BCUT2D eigenvalue weighted by molar-refractivity contribution is 5.00. The Labute approximate surface area is 86.0 Å². The first-order valence-electron chi connectivity index (χ1n) is 5.70. The van der Waals surface area contributed by atoms with E-state index < -0.39 is 0 Å². The van der Waals surface area contributed by atoms with Crippen LogP contribution in [0.25, 0.3) is 0 Å². The summed E-state index contributed by atoms with van der Waals surface area (Å²) < 4.78 is 0. The molecule has 2 aliphatic rings. The maximum atomic E-state index is 8.69. The Balaban J connectivity index is 1.69. The first kappa shape index (κ1) is 9.95. The van der Waals surface area contributed by atoms with Gasteiger partial charge < -0.3 is 0 Å². The Kier molecular flexibility index (Phi) is 3.05. The van der Waals surface area contributed by atoms with E-state index in [1.54, 1.807) is 0 Å². The van der Waals surface area contributed by atoms with E-state index in [0.717, 1.165) is 13.0 Å². The number of piperidine rings is 1. The summed E-state index contributed by atoms with van der Waals surface area (Å²) in [6.07, 6.45) is 7.22. The molecule has 1 N–H and O–H groups in total. The Morgan fingerprint density at radius 2 is 1.93 bits per heavy atom. The van der Waals surface area contributed by atoms with E-state index in [-0.39, 0.29) is 0 Å². The molecule has 0 amide bonds. The van der Waals surface area contributed by atoms with Gasteiger partial charge in [0, 0.05) is 26.1 Å². The molecule has 78 valence electrons. The van der Waals surface area contributed by atoms with E-state index in [2.05, 4.69) is 16.5 Å². The van der Waals surface area contributed by atoms with Gasteiger partial charge in [-0.2, -0.15) is 5.26 Å². The lowest BCUT2D eigenvalue weighted by Gasteiger charge is -2.28. The van der Waals surface area contributed by atoms with Crippen molar-refractivity contribution in [3.8, 4) is 6.07 Å². The Morgan fingerprint density at radius 1 is 1.21 bits per heavy atom. The fourth-order valence-corrected chi connectivity index (χ4v) is 2.09. The minimum atomic E-state index is 0.339. The summed E-state index contributed by atoms with van der Waals surface area (Å²) in [6.45, 7) is 3.38. The van der Waals surface area contributed by atoms with Gasteiger partial charge in [-0.1, -0.05) is 6.42 Å². The highest BCUT2D eigenvalue weighted by Crippen LogP contribution is 2.47. The van der Waals surface area contributed by atoms with Crippen LogP contribution in [-0.4, -0.2) is 24.6 Å². The summed E-state index contributed by atoms with van der Waals surface area (Å²) in [4.78, 5) is 0. The zero-order valence-corrected chi connectivity index (χ0v) is 8.76. The molecule has 1 saturated carbocycles. The molecule has 3 nitrogen and oxygen atoms in total. The Bertz CT molecular complexity index is 221. The first-order valence-corrected chi connectivity index (χ1v) is 5.70. The molecule has 1 saturated heterocycles. The number of hydrogen-bond acceptors (Lipinski definition) is 3. The van der Waals surface area contributed by atoms with Crippen LogP contribution in [0.15, 0.2) is 0 Å². The van der Waals surface area contributed by atoms with Crippen molar-refractivity contribution in [2.75, 3.05) is 19.6 Å². The largest absolute Gasteiger partial charge is 0.255 e. The molecule has 2 rings (SSSR count). The highest BCUT2D eigenvalue weighted by Gasteiger charge is 2.42. The zero-order chi connectivity index (χ0) is 9.86. The smallest absolute Gasteiger partial charge is 0.0628 e. The molecule has 0 radical (unpaired) electrons. The topological polar surface area (TPSA) is 39.1 Å². The van der Waals surface area contributed by atoms with Gasteiger partial charge in [0.2, 0.25) is 0 Å². The number of hydrazine groups is 1. The minimum Gasteiger partial charge on any atom is -0.255 e. The van der Waals surface area contributed by atoms with Crippen LogP contribution in [0.5, 0.6) is 0 Å². The van der Waals surface area contributed by atoms with E-state index in [9.17, 15) is 0 Å². The summed E-state index contributed by atoms with van der Waals surface area (Å²) in [7, 11) is 0. The average Bonchev–Trinajstić information content (AvgIpc) is 2.98. The number of nitrogens with one attached hydrogen (secondary N) is 1. The molecule has 0 spiro atoms. The van der Waals surface area contributed by atoms with Crippen molar-refractivity contribution in [3.63, 3.8) is 0 Å². The van der Waals surface area contributed by atoms with Gasteiger partial charge in [-0.25, -0.2) is 5.01 Å². The van der Waals surface area contributed by atoms with Crippen molar-refractivity contribution in [2.45, 2.75) is 38.5 Å². The van der Waals surface area contributed by atoms with Crippen LogP contribution in [0.2, 0.25) is 0 Å². The van der Waals surface area contributed by atoms with Crippen molar-refractivity contribution in [3.05, 3.63) is 0 Å². The number of nitrogens with zero attached hydrogens (tertiary/aromatic N) is 2.